The Bertz CT molecular complexity index is 647. The minimum Gasteiger partial charge on any atom is -0.493 e. The molecule has 1 amide bonds. The summed E-state index contributed by atoms with van der Waals surface area (Å²) in [5, 5.41) is 9.36. The van der Waals surface area contributed by atoms with E-state index in [4.69, 9.17) is 18.9 Å². The summed E-state index contributed by atoms with van der Waals surface area (Å²) < 4.78 is 21.1. The lowest BCUT2D eigenvalue weighted by atomic mass is 10.1. The molecular weight excluding hydrogens is 312 g/mol. The minimum atomic E-state index is -0.311. The average molecular weight is 332 g/mol. The van der Waals surface area contributed by atoms with E-state index in [1.807, 2.05) is 6.07 Å². The molecular formula is C17H20N2O5. The van der Waals surface area contributed by atoms with Crippen LogP contribution in [0.3, 0.4) is 0 Å². The maximum absolute atomic E-state index is 12.5. The molecule has 1 saturated heterocycles. The predicted molar refractivity (Wildman–Crippen MR) is 87.1 cm³/mol. The molecule has 1 heterocycles. The number of hydrogen-bond acceptors (Lipinski definition) is 6. The molecule has 0 N–H and O–H groups in total. The number of ether oxygens (including phenoxy) is 4. The molecule has 0 aliphatic carbocycles. The van der Waals surface area contributed by atoms with Gasteiger partial charge in [0.25, 0.3) is 5.91 Å². The highest BCUT2D eigenvalue weighted by Gasteiger charge is 2.21. The van der Waals surface area contributed by atoms with E-state index in [0.29, 0.717) is 49.1 Å². The Labute approximate surface area is 141 Å². The Morgan fingerprint density at radius 2 is 1.75 bits per heavy atom. The van der Waals surface area contributed by atoms with Crippen molar-refractivity contribution in [2.45, 2.75) is 0 Å². The lowest BCUT2D eigenvalue weighted by Gasteiger charge is -2.26. The van der Waals surface area contributed by atoms with Crippen molar-refractivity contribution in [1.82, 2.24) is 4.90 Å². The maximum atomic E-state index is 12.5. The van der Waals surface area contributed by atoms with Gasteiger partial charge in [-0.25, -0.2) is 0 Å². The normalized spacial score (nSPS) is 14.8. The molecule has 1 aliphatic rings. The van der Waals surface area contributed by atoms with Crippen molar-refractivity contribution in [2.24, 2.45) is 0 Å². The molecule has 7 nitrogen and oxygen atoms in total. The molecule has 1 aromatic rings. The van der Waals surface area contributed by atoms with E-state index in [0.717, 1.165) is 0 Å². The first-order chi connectivity index (χ1) is 11.6. The standard InChI is InChI=1S/C17H20N2O5/c1-21-14-9-12(10-15(22-2)16(14)23-3)8-13(11-18)17(20)19-4-6-24-7-5-19/h8-10H,4-7H2,1-3H3. The van der Waals surface area contributed by atoms with E-state index in [-0.39, 0.29) is 11.5 Å². The first kappa shape index (κ1) is 17.6. The van der Waals surface area contributed by atoms with Gasteiger partial charge in [-0.2, -0.15) is 5.26 Å². The number of carbonyl (C=O) groups is 1. The van der Waals surface area contributed by atoms with Gasteiger partial charge in [-0.15, -0.1) is 0 Å². The molecule has 0 unspecified atom stereocenters. The van der Waals surface area contributed by atoms with E-state index in [2.05, 4.69) is 0 Å². The van der Waals surface area contributed by atoms with E-state index in [1.54, 1.807) is 17.0 Å². The van der Waals surface area contributed by atoms with Crippen LogP contribution in [0, 0.1) is 11.3 Å². The third kappa shape index (κ3) is 3.78. The Hall–Kier alpha value is -2.72. The van der Waals surface area contributed by atoms with Gasteiger partial charge in [0.15, 0.2) is 11.5 Å². The second kappa shape index (κ2) is 8.22. The largest absolute Gasteiger partial charge is 0.493 e. The zero-order chi connectivity index (χ0) is 17.5. The summed E-state index contributed by atoms with van der Waals surface area (Å²) in [6, 6.07) is 5.34. The van der Waals surface area contributed by atoms with Crippen LogP contribution in [0.15, 0.2) is 17.7 Å². The summed E-state index contributed by atoms with van der Waals surface area (Å²) in [7, 11) is 4.53. The van der Waals surface area contributed by atoms with Crippen molar-refractivity contribution < 1.29 is 23.7 Å². The monoisotopic (exact) mass is 332 g/mol. The van der Waals surface area contributed by atoms with Crippen molar-refractivity contribution in [3.63, 3.8) is 0 Å². The topological polar surface area (TPSA) is 81.0 Å². The van der Waals surface area contributed by atoms with E-state index in [9.17, 15) is 10.1 Å². The van der Waals surface area contributed by atoms with Gasteiger partial charge in [0, 0.05) is 13.1 Å². The molecule has 7 heteroatoms. The van der Waals surface area contributed by atoms with Crippen molar-refractivity contribution in [3.8, 4) is 23.3 Å². The molecule has 1 aromatic carbocycles. The van der Waals surface area contributed by atoms with Gasteiger partial charge in [0.1, 0.15) is 11.6 Å². The van der Waals surface area contributed by atoms with Gasteiger partial charge in [0.05, 0.1) is 34.5 Å². The van der Waals surface area contributed by atoms with Crippen LogP contribution in [-0.4, -0.2) is 58.4 Å². The Balaban J connectivity index is 2.36. The van der Waals surface area contributed by atoms with Gasteiger partial charge in [-0.05, 0) is 23.8 Å². The number of rotatable bonds is 5. The summed E-state index contributed by atoms with van der Waals surface area (Å²) in [6.07, 6.45) is 1.52. The SMILES string of the molecule is COc1cc(C=C(C#N)C(=O)N2CCOCC2)cc(OC)c1OC. The highest BCUT2D eigenvalue weighted by Crippen LogP contribution is 2.38. The summed E-state index contributed by atoms with van der Waals surface area (Å²) >= 11 is 0. The first-order valence-electron chi connectivity index (χ1n) is 7.43. The van der Waals surface area contributed by atoms with Crippen molar-refractivity contribution in [2.75, 3.05) is 47.6 Å². The number of methoxy groups -OCH3 is 3. The fraction of sp³-hybridized carbons (Fsp3) is 0.412. The molecule has 2 rings (SSSR count). The van der Waals surface area contributed by atoms with Gasteiger partial charge in [-0.1, -0.05) is 0 Å². The molecule has 0 bridgehead atoms. The summed E-state index contributed by atoms with van der Waals surface area (Å²) in [4.78, 5) is 14.1. The summed E-state index contributed by atoms with van der Waals surface area (Å²) in [5.41, 5.74) is 0.661. The number of hydrogen-bond donors (Lipinski definition) is 0. The predicted octanol–water partition coefficient (Wildman–Crippen LogP) is 1.48. The molecule has 0 aromatic heterocycles. The number of benzene rings is 1. The van der Waals surface area contributed by atoms with E-state index in [1.165, 1.54) is 27.4 Å². The van der Waals surface area contributed by atoms with Crippen LogP contribution in [0.5, 0.6) is 17.2 Å². The molecule has 1 aliphatic heterocycles. The molecule has 1 fully saturated rings. The average Bonchev–Trinajstić information content (AvgIpc) is 2.65. The van der Waals surface area contributed by atoms with Gasteiger partial charge in [-0.3, -0.25) is 4.79 Å². The highest BCUT2D eigenvalue weighted by atomic mass is 16.5. The fourth-order valence-electron chi connectivity index (χ4n) is 2.43. The molecule has 24 heavy (non-hydrogen) atoms. The van der Waals surface area contributed by atoms with Crippen LogP contribution in [0.25, 0.3) is 6.08 Å². The van der Waals surface area contributed by atoms with Gasteiger partial charge < -0.3 is 23.8 Å². The van der Waals surface area contributed by atoms with Crippen LogP contribution >= 0.6 is 0 Å². The number of amides is 1. The smallest absolute Gasteiger partial charge is 0.264 e. The van der Waals surface area contributed by atoms with Crippen LogP contribution in [-0.2, 0) is 9.53 Å². The maximum Gasteiger partial charge on any atom is 0.264 e. The van der Waals surface area contributed by atoms with Crippen molar-refractivity contribution >= 4 is 12.0 Å². The first-order valence-corrected chi connectivity index (χ1v) is 7.43. The lowest BCUT2D eigenvalue weighted by molar-refractivity contribution is -0.130. The third-order valence-electron chi connectivity index (χ3n) is 3.65. The second-order valence-corrected chi connectivity index (χ2v) is 5.03. The van der Waals surface area contributed by atoms with Crippen LogP contribution in [0.4, 0.5) is 0 Å². The van der Waals surface area contributed by atoms with E-state index < -0.39 is 0 Å². The number of nitriles is 1. The molecule has 0 spiro atoms. The van der Waals surface area contributed by atoms with Crippen LogP contribution in [0.1, 0.15) is 5.56 Å². The Morgan fingerprint density at radius 1 is 1.17 bits per heavy atom. The molecule has 0 atom stereocenters. The molecule has 0 radical (unpaired) electrons. The van der Waals surface area contributed by atoms with Crippen molar-refractivity contribution in [1.29, 1.82) is 5.26 Å². The lowest BCUT2D eigenvalue weighted by Crippen LogP contribution is -2.41. The van der Waals surface area contributed by atoms with Crippen LogP contribution in [0.2, 0.25) is 0 Å². The summed E-state index contributed by atoms with van der Waals surface area (Å²) in [6.45, 7) is 1.92. The molecule has 128 valence electrons. The minimum absolute atomic E-state index is 0.0474. The number of carbonyl (C=O) groups excluding carboxylic acids is 1. The summed E-state index contributed by atoms with van der Waals surface area (Å²) in [5.74, 6) is 1.06. The van der Waals surface area contributed by atoms with Crippen LogP contribution < -0.4 is 14.2 Å². The third-order valence-corrected chi connectivity index (χ3v) is 3.65. The zero-order valence-corrected chi connectivity index (χ0v) is 14.0. The van der Waals surface area contributed by atoms with Gasteiger partial charge in [0.2, 0.25) is 5.75 Å². The fourth-order valence-corrected chi connectivity index (χ4v) is 2.43. The van der Waals surface area contributed by atoms with E-state index >= 15 is 0 Å². The number of morpholine rings is 1. The van der Waals surface area contributed by atoms with Gasteiger partial charge >= 0.3 is 0 Å². The van der Waals surface area contributed by atoms with Crippen molar-refractivity contribution in [3.05, 3.63) is 23.3 Å². The second-order valence-electron chi connectivity index (χ2n) is 5.03. The molecule has 0 saturated carbocycles. The number of nitrogens with zero attached hydrogens (tertiary/aromatic N) is 2. The quantitative estimate of drug-likeness (QED) is 0.600. The Morgan fingerprint density at radius 3 is 2.21 bits per heavy atom. The Kier molecular flexibility index (Phi) is 6.04. The zero-order valence-electron chi connectivity index (χ0n) is 14.0. The highest BCUT2D eigenvalue weighted by molar-refractivity contribution is 6.01.